The number of hydrogen-bond donors (Lipinski definition) is 0. The molecule has 0 saturated heterocycles. The zero-order valence-electron chi connectivity index (χ0n) is 16.7. The minimum atomic E-state index is -2.04. The van der Waals surface area contributed by atoms with E-state index in [0.29, 0.717) is 16.6 Å². The van der Waals surface area contributed by atoms with E-state index in [0.717, 1.165) is 6.08 Å². The van der Waals surface area contributed by atoms with E-state index in [1.165, 1.54) is 7.11 Å². The van der Waals surface area contributed by atoms with Crippen molar-refractivity contribution in [2.24, 2.45) is 0 Å². The van der Waals surface area contributed by atoms with Crippen LogP contribution in [0.25, 0.3) is 0 Å². The number of rotatable bonds is 7. The molecule has 0 N–H and O–H groups in total. The van der Waals surface area contributed by atoms with Gasteiger partial charge in [0.1, 0.15) is 14.9 Å². The van der Waals surface area contributed by atoms with Gasteiger partial charge in [0.2, 0.25) is 5.78 Å². The van der Waals surface area contributed by atoms with Gasteiger partial charge in [0, 0.05) is 18.8 Å². The number of carbonyl (C=O) groups excluding carboxylic acids is 2. The second-order valence-electron chi connectivity index (χ2n) is 7.44. The summed E-state index contributed by atoms with van der Waals surface area (Å²) < 4.78 is 10.1. The molecule has 0 heterocycles. The Bertz CT molecular complexity index is 656. The predicted molar refractivity (Wildman–Crippen MR) is 108 cm³/mol. The average Bonchev–Trinajstić information content (AvgIpc) is 2.53. The van der Waals surface area contributed by atoms with E-state index in [1.807, 2.05) is 0 Å². The highest BCUT2D eigenvalue weighted by molar-refractivity contribution is 6.90. The van der Waals surface area contributed by atoms with Crippen LogP contribution in [0.4, 0.5) is 0 Å². The number of methoxy groups -OCH3 is 1. The van der Waals surface area contributed by atoms with Crippen LogP contribution < -0.4 is 0 Å². The highest BCUT2D eigenvalue weighted by Gasteiger charge is 2.42. The summed E-state index contributed by atoms with van der Waals surface area (Å²) in [6, 6.07) is 0. The van der Waals surface area contributed by atoms with Crippen molar-refractivity contribution in [3.8, 4) is 11.5 Å². The third-order valence-electron chi connectivity index (χ3n) is 5.02. The fraction of sp³-hybridized carbons (Fsp3) is 0.600. The molecule has 1 rings (SSSR count). The number of hydrogen-bond acceptors (Lipinski definition) is 4. The van der Waals surface area contributed by atoms with E-state index < -0.39 is 13.9 Å². The molecule has 0 aromatic rings. The normalized spacial score (nSPS) is 15.7. The molecule has 0 amide bonds. The highest BCUT2D eigenvalue weighted by atomic mass is 35.5. The average molecular weight is 397 g/mol. The van der Waals surface area contributed by atoms with Gasteiger partial charge in [-0.25, -0.2) is 0 Å². The molecule has 0 fully saturated rings. The summed E-state index contributed by atoms with van der Waals surface area (Å²) >= 11 is 5.96. The molecule has 0 radical (unpaired) electrons. The van der Waals surface area contributed by atoms with Crippen molar-refractivity contribution in [2.75, 3.05) is 20.5 Å². The lowest BCUT2D eigenvalue weighted by Gasteiger charge is -2.38. The molecule has 1 aliphatic carbocycles. The van der Waals surface area contributed by atoms with Crippen LogP contribution in [-0.4, -0.2) is 40.1 Å². The minimum absolute atomic E-state index is 0.0251. The Morgan fingerprint density at radius 2 is 1.62 bits per heavy atom. The smallest absolute Gasteiger partial charge is 0.213 e. The number of Topliss-reactive ketones (excluding diaryl/α,β-unsaturated/α-hetero) is 1. The van der Waals surface area contributed by atoms with Crippen LogP contribution in [0.2, 0.25) is 16.6 Å². The Morgan fingerprint density at radius 1 is 1.08 bits per heavy atom. The SMILES string of the molecule is COCOCC1=C(C#C[Si](C(C)C)(C(C)C)C(C)C)C(=O)C(Cl)=CC1=O. The van der Waals surface area contributed by atoms with Crippen LogP contribution in [0, 0.1) is 11.5 Å². The van der Waals surface area contributed by atoms with Crippen LogP contribution in [0.15, 0.2) is 22.3 Å². The third-order valence-corrected chi connectivity index (χ3v) is 11.6. The number of halogens is 1. The Kier molecular flexibility index (Phi) is 8.49. The minimum Gasteiger partial charge on any atom is -0.359 e. The van der Waals surface area contributed by atoms with Crippen LogP contribution >= 0.6 is 11.6 Å². The van der Waals surface area contributed by atoms with Crippen molar-refractivity contribution in [3.63, 3.8) is 0 Å². The van der Waals surface area contributed by atoms with Gasteiger partial charge in [0.25, 0.3) is 0 Å². The summed E-state index contributed by atoms with van der Waals surface area (Å²) in [5, 5.41) is -0.0966. The number of allylic oxidation sites excluding steroid dienone is 3. The van der Waals surface area contributed by atoms with Gasteiger partial charge in [-0.05, 0) is 16.6 Å². The summed E-state index contributed by atoms with van der Waals surface area (Å²) in [6.45, 7) is 13.2. The molecule has 0 spiro atoms. The van der Waals surface area contributed by atoms with Gasteiger partial charge < -0.3 is 9.47 Å². The Balaban J connectivity index is 3.47. The first-order chi connectivity index (χ1) is 12.1. The van der Waals surface area contributed by atoms with Crippen molar-refractivity contribution in [2.45, 2.75) is 58.2 Å². The van der Waals surface area contributed by atoms with Gasteiger partial charge in [-0.1, -0.05) is 59.1 Å². The highest BCUT2D eigenvalue weighted by Crippen LogP contribution is 2.41. The second kappa shape index (κ2) is 9.66. The van der Waals surface area contributed by atoms with Gasteiger partial charge in [-0.2, -0.15) is 0 Å². The van der Waals surface area contributed by atoms with Crippen molar-refractivity contribution in [1.29, 1.82) is 0 Å². The molecule has 0 saturated carbocycles. The molecule has 144 valence electrons. The molecule has 0 aromatic heterocycles. The zero-order chi connectivity index (χ0) is 20.1. The molecule has 0 bridgehead atoms. The first-order valence-electron chi connectivity index (χ1n) is 8.88. The summed E-state index contributed by atoms with van der Waals surface area (Å²) in [6.07, 6.45) is 1.14. The topological polar surface area (TPSA) is 52.6 Å². The van der Waals surface area contributed by atoms with Crippen molar-refractivity contribution in [3.05, 3.63) is 22.3 Å². The quantitative estimate of drug-likeness (QED) is 0.210. The van der Waals surface area contributed by atoms with Gasteiger partial charge >= 0.3 is 0 Å². The summed E-state index contributed by atoms with van der Waals surface area (Å²) in [4.78, 5) is 24.9. The Morgan fingerprint density at radius 3 is 2.08 bits per heavy atom. The number of ketones is 2. The summed E-state index contributed by atoms with van der Waals surface area (Å²) in [5.74, 6) is 2.33. The lowest BCUT2D eigenvalue weighted by atomic mass is 9.96. The van der Waals surface area contributed by atoms with Crippen LogP contribution in [-0.2, 0) is 19.1 Å². The van der Waals surface area contributed by atoms with E-state index in [4.69, 9.17) is 21.1 Å². The molecular weight excluding hydrogens is 368 g/mol. The van der Waals surface area contributed by atoms with Crippen molar-refractivity contribution in [1.82, 2.24) is 0 Å². The predicted octanol–water partition coefficient (Wildman–Crippen LogP) is 4.40. The fourth-order valence-electron chi connectivity index (χ4n) is 3.75. The van der Waals surface area contributed by atoms with Crippen molar-refractivity contribution < 1.29 is 19.1 Å². The Hall–Kier alpha value is -1.19. The largest absolute Gasteiger partial charge is 0.359 e. The number of carbonyl (C=O) groups is 2. The molecular formula is C20H29ClO4Si. The first kappa shape index (κ1) is 22.8. The lowest BCUT2D eigenvalue weighted by molar-refractivity contribution is -0.116. The van der Waals surface area contributed by atoms with E-state index >= 15 is 0 Å². The third kappa shape index (κ3) is 4.75. The molecule has 26 heavy (non-hydrogen) atoms. The molecule has 6 heteroatoms. The molecule has 1 aliphatic rings. The monoisotopic (exact) mass is 396 g/mol. The summed E-state index contributed by atoms with van der Waals surface area (Å²) in [5.41, 5.74) is 5.16. The second-order valence-corrected chi connectivity index (χ2v) is 13.4. The standard InChI is InChI=1S/C20H29ClO4Si/c1-13(2)26(14(3)4,15(5)6)9-8-16-17(11-25-12-24-7)19(22)10-18(21)20(16)23/h10,13-15H,11-12H2,1-7H3. The first-order valence-corrected chi connectivity index (χ1v) is 11.5. The van der Waals surface area contributed by atoms with Gasteiger partial charge in [-0.15, -0.1) is 5.54 Å². The lowest BCUT2D eigenvalue weighted by Crippen LogP contribution is -2.43. The van der Waals surface area contributed by atoms with Crippen LogP contribution in [0.1, 0.15) is 41.5 Å². The van der Waals surface area contributed by atoms with E-state index in [-0.39, 0.29) is 35.4 Å². The van der Waals surface area contributed by atoms with Gasteiger partial charge in [-0.3, -0.25) is 9.59 Å². The van der Waals surface area contributed by atoms with Crippen LogP contribution in [0.3, 0.4) is 0 Å². The van der Waals surface area contributed by atoms with Gasteiger partial charge in [0.15, 0.2) is 5.78 Å². The maximum atomic E-state index is 12.6. The Labute approximate surface area is 163 Å². The number of ether oxygens (including phenoxy) is 2. The maximum Gasteiger partial charge on any atom is 0.213 e. The molecule has 0 atom stereocenters. The zero-order valence-corrected chi connectivity index (χ0v) is 18.5. The molecule has 4 nitrogen and oxygen atoms in total. The van der Waals surface area contributed by atoms with Crippen LogP contribution in [0.5, 0.6) is 0 Å². The van der Waals surface area contributed by atoms with Gasteiger partial charge in [0.05, 0.1) is 17.2 Å². The van der Waals surface area contributed by atoms with E-state index in [9.17, 15) is 9.59 Å². The molecule has 0 aliphatic heterocycles. The summed E-state index contributed by atoms with van der Waals surface area (Å²) in [7, 11) is -0.546. The molecule has 0 aromatic carbocycles. The molecule has 0 unspecified atom stereocenters. The maximum absolute atomic E-state index is 12.6. The van der Waals surface area contributed by atoms with E-state index in [1.54, 1.807) is 0 Å². The fourth-order valence-corrected chi connectivity index (χ4v) is 9.15. The van der Waals surface area contributed by atoms with E-state index in [2.05, 4.69) is 53.0 Å². The van der Waals surface area contributed by atoms with Crippen molar-refractivity contribution >= 4 is 31.2 Å².